The van der Waals surface area contributed by atoms with Gasteiger partial charge in [0.05, 0.1) is 4.47 Å². The fourth-order valence-electron chi connectivity index (χ4n) is 0.738. The van der Waals surface area contributed by atoms with E-state index in [2.05, 4.69) is 15.9 Å². The molecule has 1 rings (SSSR count). The van der Waals surface area contributed by atoms with Crippen molar-refractivity contribution in [1.29, 1.82) is 0 Å². The van der Waals surface area contributed by atoms with Crippen molar-refractivity contribution in [3.8, 4) is 5.75 Å². The first-order valence-electron chi connectivity index (χ1n) is 2.94. The molecule has 0 saturated heterocycles. The zero-order chi connectivity index (χ0) is 9.30. The number of hydrogen-bond donors (Lipinski definition) is 2. The molecule has 0 amide bonds. The summed E-state index contributed by atoms with van der Waals surface area (Å²) in [6.45, 7) is 0. The summed E-state index contributed by atoms with van der Waals surface area (Å²) in [7, 11) is 0. The topological polar surface area (TPSA) is 57.5 Å². The maximum absolute atomic E-state index is 12.8. The van der Waals surface area contributed by atoms with E-state index in [9.17, 15) is 9.18 Å². The Hall–Kier alpha value is -1.10. The molecule has 3 nitrogen and oxygen atoms in total. The Labute approximate surface area is 75.6 Å². The average molecular weight is 235 g/mol. The molecule has 1 aromatic carbocycles. The lowest BCUT2D eigenvalue weighted by atomic mass is 10.2. The second-order valence-electron chi connectivity index (χ2n) is 2.06. The number of benzene rings is 1. The van der Waals surface area contributed by atoms with Gasteiger partial charge in [-0.15, -0.1) is 0 Å². The van der Waals surface area contributed by atoms with Crippen LogP contribution < -0.4 is 0 Å². The number of hydrogen-bond acceptors (Lipinski definition) is 2. The van der Waals surface area contributed by atoms with Crippen LogP contribution in [0.1, 0.15) is 10.4 Å². The molecular formula is C7H4BrFO3. The van der Waals surface area contributed by atoms with Crippen molar-refractivity contribution in [3.63, 3.8) is 0 Å². The van der Waals surface area contributed by atoms with Crippen LogP contribution in [0.3, 0.4) is 0 Å². The Morgan fingerprint density at radius 3 is 2.50 bits per heavy atom. The van der Waals surface area contributed by atoms with Crippen LogP contribution in [0.4, 0.5) is 4.39 Å². The Morgan fingerprint density at radius 1 is 1.50 bits per heavy atom. The molecular weight excluding hydrogens is 231 g/mol. The van der Waals surface area contributed by atoms with Gasteiger partial charge in [0.2, 0.25) is 0 Å². The van der Waals surface area contributed by atoms with E-state index >= 15 is 0 Å². The molecule has 64 valence electrons. The van der Waals surface area contributed by atoms with Gasteiger partial charge in [-0.05, 0) is 28.1 Å². The van der Waals surface area contributed by atoms with Crippen LogP contribution in [0.2, 0.25) is 0 Å². The first-order valence-corrected chi connectivity index (χ1v) is 3.73. The van der Waals surface area contributed by atoms with Crippen molar-refractivity contribution in [2.75, 3.05) is 0 Å². The highest BCUT2D eigenvalue weighted by Crippen LogP contribution is 2.29. The summed E-state index contributed by atoms with van der Waals surface area (Å²) in [5.41, 5.74) is -0.560. The fourth-order valence-corrected chi connectivity index (χ4v) is 1.23. The lowest BCUT2D eigenvalue weighted by Gasteiger charge is -2.01. The van der Waals surface area contributed by atoms with Crippen molar-refractivity contribution >= 4 is 21.9 Å². The zero-order valence-corrected chi connectivity index (χ0v) is 7.30. The number of aromatic carboxylic acids is 1. The van der Waals surface area contributed by atoms with Crippen LogP contribution in [-0.2, 0) is 0 Å². The first-order chi connectivity index (χ1) is 5.54. The number of phenolic OH excluding ortho intramolecular Hbond substituents is 1. The molecule has 2 N–H and O–H groups in total. The lowest BCUT2D eigenvalue weighted by Crippen LogP contribution is -2.01. The van der Waals surface area contributed by atoms with Gasteiger partial charge in [0.15, 0.2) is 0 Å². The summed E-state index contributed by atoms with van der Waals surface area (Å²) in [4.78, 5) is 10.4. The molecule has 0 aromatic heterocycles. The molecule has 0 bridgehead atoms. The van der Waals surface area contributed by atoms with Crippen molar-refractivity contribution < 1.29 is 19.4 Å². The van der Waals surface area contributed by atoms with Gasteiger partial charge in [0.1, 0.15) is 17.1 Å². The minimum absolute atomic E-state index is 0.144. The van der Waals surface area contributed by atoms with E-state index in [0.717, 1.165) is 12.1 Å². The summed E-state index contributed by atoms with van der Waals surface area (Å²) < 4.78 is 12.6. The Bertz CT molecular complexity index is 338. The summed E-state index contributed by atoms with van der Waals surface area (Å²) in [6.07, 6.45) is 0. The highest BCUT2D eigenvalue weighted by atomic mass is 79.9. The zero-order valence-electron chi connectivity index (χ0n) is 5.71. The van der Waals surface area contributed by atoms with Gasteiger partial charge in [-0.3, -0.25) is 0 Å². The third-order valence-electron chi connectivity index (χ3n) is 1.28. The molecule has 0 radical (unpaired) electrons. The highest BCUT2D eigenvalue weighted by molar-refractivity contribution is 9.10. The summed E-state index contributed by atoms with van der Waals surface area (Å²) in [5.74, 6) is -2.60. The summed E-state index contributed by atoms with van der Waals surface area (Å²) in [5, 5.41) is 17.5. The van der Waals surface area contributed by atoms with Crippen LogP contribution in [0.25, 0.3) is 0 Å². The smallest absolute Gasteiger partial charge is 0.339 e. The van der Waals surface area contributed by atoms with Crippen molar-refractivity contribution in [1.82, 2.24) is 0 Å². The van der Waals surface area contributed by atoms with Crippen LogP contribution >= 0.6 is 15.9 Å². The van der Waals surface area contributed by atoms with E-state index in [1.165, 1.54) is 0 Å². The van der Waals surface area contributed by atoms with Gasteiger partial charge in [-0.1, -0.05) is 0 Å². The Balaban J connectivity index is 3.43. The number of phenols is 1. The number of carboxylic acids is 1. The maximum Gasteiger partial charge on any atom is 0.339 e. The third-order valence-corrected chi connectivity index (χ3v) is 2.09. The minimum Gasteiger partial charge on any atom is -0.507 e. The number of aromatic hydroxyl groups is 1. The molecule has 0 fully saturated rings. The molecule has 0 unspecified atom stereocenters. The SMILES string of the molecule is O=C(O)c1c(F)ccc(O)c1Br. The quantitative estimate of drug-likeness (QED) is 0.782. The second-order valence-corrected chi connectivity index (χ2v) is 2.85. The lowest BCUT2D eigenvalue weighted by molar-refractivity contribution is 0.0690. The first kappa shape index (κ1) is 8.99. The van der Waals surface area contributed by atoms with E-state index in [0.29, 0.717) is 0 Å². The Kier molecular flexibility index (Phi) is 2.32. The molecule has 0 atom stereocenters. The van der Waals surface area contributed by atoms with E-state index in [4.69, 9.17) is 10.2 Å². The molecule has 0 aliphatic heterocycles. The highest BCUT2D eigenvalue weighted by Gasteiger charge is 2.16. The molecule has 0 heterocycles. The normalized spacial score (nSPS) is 9.83. The fraction of sp³-hybridized carbons (Fsp3) is 0. The van der Waals surface area contributed by atoms with E-state index in [-0.39, 0.29) is 10.2 Å². The van der Waals surface area contributed by atoms with E-state index in [1.54, 1.807) is 0 Å². The van der Waals surface area contributed by atoms with Crippen molar-refractivity contribution in [2.45, 2.75) is 0 Å². The van der Waals surface area contributed by atoms with Gasteiger partial charge in [-0.25, -0.2) is 9.18 Å². The van der Waals surface area contributed by atoms with Crippen LogP contribution in [0.5, 0.6) is 5.75 Å². The minimum atomic E-state index is -1.42. The van der Waals surface area contributed by atoms with Gasteiger partial charge in [0.25, 0.3) is 0 Å². The van der Waals surface area contributed by atoms with E-state index < -0.39 is 17.3 Å². The monoisotopic (exact) mass is 234 g/mol. The van der Waals surface area contributed by atoms with Crippen molar-refractivity contribution in [2.24, 2.45) is 0 Å². The predicted octanol–water partition coefficient (Wildman–Crippen LogP) is 1.99. The number of carboxylic acid groups (broad SMARTS) is 1. The predicted molar refractivity (Wildman–Crippen MR) is 42.7 cm³/mol. The second kappa shape index (κ2) is 3.10. The van der Waals surface area contributed by atoms with Crippen LogP contribution in [-0.4, -0.2) is 16.2 Å². The number of rotatable bonds is 1. The van der Waals surface area contributed by atoms with Gasteiger partial charge < -0.3 is 10.2 Å². The molecule has 12 heavy (non-hydrogen) atoms. The van der Waals surface area contributed by atoms with Crippen LogP contribution in [0.15, 0.2) is 16.6 Å². The third kappa shape index (κ3) is 1.40. The Morgan fingerprint density at radius 2 is 2.08 bits per heavy atom. The standard InChI is InChI=1S/C7H4BrFO3/c8-6-4(10)2-1-3(9)5(6)7(11)12/h1-2,10H,(H,11,12). The van der Waals surface area contributed by atoms with Crippen LogP contribution in [0, 0.1) is 5.82 Å². The number of carbonyl (C=O) groups is 1. The van der Waals surface area contributed by atoms with Gasteiger partial charge >= 0.3 is 5.97 Å². The molecule has 1 aromatic rings. The summed E-state index contributed by atoms with van der Waals surface area (Å²) >= 11 is 2.76. The van der Waals surface area contributed by atoms with Gasteiger partial charge in [0, 0.05) is 0 Å². The summed E-state index contributed by atoms with van der Waals surface area (Å²) in [6, 6.07) is 1.97. The molecule has 0 aliphatic carbocycles. The average Bonchev–Trinajstić information content (AvgIpc) is 1.97. The maximum atomic E-state index is 12.8. The largest absolute Gasteiger partial charge is 0.507 e. The molecule has 0 spiro atoms. The van der Waals surface area contributed by atoms with Gasteiger partial charge in [-0.2, -0.15) is 0 Å². The van der Waals surface area contributed by atoms with E-state index in [1.807, 2.05) is 0 Å². The molecule has 0 saturated carbocycles. The van der Waals surface area contributed by atoms with Crippen molar-refractivity contribution in [3.05, 3.63) is 28.0 Å². The molecule has 0 aliphatic rings. The molecule has 5 heteroatoms. The number of halogens is 2.